The number of rotatable bonds is 4. The van der Waals surface area contributed by atoms with E-state index in [1.165, 1.54) is 5.56 Å². The first kappa shape index (κ1) is 18.8. The number of carbonyl (C=O) groups is 1. The van der Waals surface area contributed by atoms with E-state index in [9.17, 15) is 4.79 Å². The van der Waals surface area contributed by atoms with Gasteiger partial charge in [0.05, 0.1) is 5.69 Å². The van der Waals surface area contributed by atoms with Crippen LogP contribution < -0.4 is 10.1 Å². The minimum absolute atomic E-state index is 0.0558. The highest BCUT2D eigenvalue weighted by molar-refractivity contribution is 9.10. The van der Waals surface area contributed by atoms with Crippen LogP contribution in [0.15, 0.2) is 40.9 Å². The lowest BCUT2D eigenvalue weighted by molar-refractivity contribution is -0.118. The normalized spacial score (nSPS) is 11.2. The van der Waals surface area contributed by atoms with Gasteiger partial charge in [0.25, 0.3) is 5.91 Å². The largest absolute Gasteiger partial charge is 0.483 e. The quantitative estimate of drug-likeness (QED) is 0.699. The van der Waals surface area contributed by atoms with Gasteiger partial charge in [0.2, 0.25) is 0 Å². The maximum atomic E-state index is 12.1. The molecule has 128 valence electrons. The predicted molar refractivity (Wildman–Crippen MR) is 103 cm³/mol. The van der Waals surface area contributed by atoms with Gasteiger partial charge in [0.15, 0.2) is 6.61 Å². The third kappa shape index (κ3) is 4.99. The lowest BCUT2D eigenvalue weighted by Gasteiger charge is -2.20. The standard InChI is InChI=1S/C19H21BrClNO2/c1-12-9-14(21)6-8-17(12)24-11-18(23)22-16-7-5-13(10-15(16)20)19(2,3)4/h5-10H,11H2,1-4H3,(H,22,23). The smallest absolute Gasteiger partial charge is 0.262 e. The van der Waals surface area contributed by atoms with Crippen molar-refractivity contribution in [2.45, 2.75) is 33.1 Å². The first-order valence-electron chi connectivity index (χ1n) is 7.65. The van der Waals surface area contributed by atoms with Gasteiger partial charge in [-0.15, -0.1) is 0 Å². The van der Waals surface area contributed by atoms with Gasteiger partial charge in [-0.2, -0.15) is 0 Å². The number of amides is 1. The van der Waals surface area contributed by atoms with Crippen molar-refractivity contribution in [1.82, 2.24) is 0 Å². The monoisotopic (exact) mass is 409 g/mol. The molecule has 0 heterocycles. The maximum Gasteiger partial charge on any atom is 0.262 e. The van der Waals surface area contributed by atoms with Crippen LogP contribution in [-0.4, -0.2) is 12.5 Å². The minimum Gasteiger partial charge on any atom is -0.483 e. The van der Waals surface area contributed by atoms with Crippen molar-refractivity contribution < 1.29 is 9.53 Å². The molecule has 0 bridgehead atoms. The topological polar surface area (TPSA) is 38.3 Å². The number of nitrogens with one attached hydrogen (secondary N) is 1. The molecule has 0 spiro atoms. The molecule has 0 radical (unpaired) electrons. The molecule has 0 aromatic heterocycles. The molecule has 0 aliphatic rings. The zero-order valence-corrected chi connectivity index (χ0v) is 16.6. The molecule has 1 N–H and O–H groups in total. The Morgan fingerprint density at radius 2 is 1.92 bits per heavy atom. The third-order valence-corrected chi connectivity index (χ3v) is 4.50. The second kappa shape index (κ2) is 7.58. The SMILES string of the molecule is Cc1cc(Cl)ccc1OCC(=O)Nc1ccc(C(C)(C)C)cc1Br. The highest BCUT2D eigenvalue weighted by atomic mass is 79.9. The van der Waals surface area contributed by atoms with Crippen molar-refractivity contribution in [3.63, 3.8) is 0 Å². The molecule has 0 aliphatic carbocycles. The van der Waals surface area contributed by atoms with Crippen molar-refractivity contribution in [3.05, 3.63) is 57.0 Å². The van der Waals surface area contributed by atoms with E-state index in [1.807, 2.05) is 25.1 Å². The summed E-state index contributed by atoms with van der Waals surface area (Å²) in [5.41, 5.74) is 2.87. The molecule has 0 unspecified atom stereocenters. The molecule has 3 nitrogen and oxygen atoms in total. The Bertz CT molecular complexity index is 754. The molecule has 0 atom stereocenters. The van der Waals surface area contributed by atoms with Crippen LogP contribution in [0, 0.1) is 6.92 Å². The van der Waals surface area contributed by atoms with E-state index in [1.54, 1.807) is 18.2 Å². The minimum atomic E-state index is -0.214. The van der Waals surface area contributed by atoms with Crippen LogP contribution in [0.4, 0.5) is 5.69 Å². The van der Waals surface area contributed by atoms with Gasteiger partial charge in [-0.25, -0.2) is 0 Å². The first-order chi connectivity index (χ1) is 11.2. The zero-order chi connectivity index (χ0) is 17.9. The highest BCUT2D eigenvalue weighted by Crippen LogP contribution is 2.30. The Hall–Kier alpha value is -1.52. The van der Waals surface area contributed by atoms with Crippen molar-refractivity contribution in [3.8, 4) is 5.75 Å². The van der Waals surface area contributed by atoms with Crippen molar-refractivity contribution in [2.75, 3.05) is 11.9 Å². The van der Waals surface area contributed by atoms with E-state index in [4.69, 9.17) is 16.3 Å². The van der Waals surface area contributed by atoms with Crippen molar-refractivity contribution >= 4 is 39.1 Å². The number of hydrogen-bond acceptors (Lipinski definition) is 2. The number of ether oxygens (including phenoxy) is 1. The molecule has 0 fully saturated rings. The van der Waals surface area contributed by atoms with Gasteiger partial charge in [-0.1, -0.05) is 38.4 Å². The van der Waals surface area contributed by atoms with E-state index in [0.717, 1.165) is 15.7 Å². The fourth-order valence-corrected chi connectivity index (χ4v) is 2.89. The van der Waals surface area contributed by atoms with Crippen LogP contribution in [0.5, 0.6) is 5.75 Å². The van der Waals surface area contributed by atoms with E-state index in [2.05, 4.69) is 42.0 Å². The van der Waals surface area contributed by atoms with Crippen LogP contribution in [0.3, 0.4) is 0 Å². The Balaban J connectivity index is 2.00. The van der Waals surface area contributed by atoms with Gasteiger partial charge in [-0.3, -0.25) is 4.79 Å². The first-order valence-corrected chi connectivity index (χ1v) is 8.83. The van der Waals surface area contributed by atoms with Gasteiger partial charge in [-0.05, 0) is 69.7 Å². The maximum absolute atomic E-state index is 12.1. The summed E-state index contributed by atoms with van der Waals surface area (Å²) in [6.45, 7) is 8.27. The summed E-state index contributed by atoms with van der Waals surface area (Å²) in [5.74, 6) is 0.435. The Kier molecular flexibility index (Phi) is 5.94. The van der Waals surface area contributed by atoms with Crippen LogP contribution >= 0.6 is 27.5 Å². The fraction of sp³-hybridized carbons (Fsp3) is 0.316. The van der Waals surface area contributed by atoms with Gasteiger partial charge >= 0.3 is 0 Å². The Labute approximate surface area is 156 Å². The summed E-state index contributed by atoms with van der Waals surface area (Å²) in [7, 11) is 0. The predicted octanol–water partition coefficient (Wildman–Crippen LogP) is 5.73. The fourth-order valence-electron chi connectivity index (χ4n) is 2.19. The summed E-state index contributed by atoms with van der Waals surface area (Å²) in [4.78, 5) is 12.1. The highest BCUT2D eigenvalue weighted by Gasteiger charge is 2.15. The molecule has 0 saturated heterocycles. The number of hydrogen-bond donors (Lipinski definition) is 1. The Morgan fingerprint density at radius 1 is 1.21 bits per heavy atom. The molecular weight excluding hydrogens is 390 g/mol. The van der Waals surface area contributed by atoms with E-state index in [-0.39, 0.29) is 17.9 Å². The third-order valence-electron chi connectivity index (χ3n) is 3.60. The van der Waals surface area contributed by atoms with E-state index >= 15 is 0 Å². The molecule has 2 rings (SSSR count). The number of anilines is 1. The molecule has 1 amide bonds. The van der Waals surface area contributed by atoms with Crippen molar-refractivity contribution in [2.24, 2.45) is 0 Å². The zero-order valence-electron chi connectivity index (χ0n) is 14.2. The van der Waals surface area contributed by atoms with E-state index in [0.29, 0.717) is 10.8 Å². The van der Waals surface area contributed by atoms with Crippen LogP contribution in [0.2, 0.25) is 5.02 Å². The van der Waals surface area contributed by atoms with Crippen LogP contribution in [0.1, 0.15) is 31.9 Å². The lowest BCUT2D eigenvalue weighted by atomic mass is 9.87. The van der Waals surface area contributed by atoms with Gasteiger partial charge in [0.1, 0.15) is 5.75 Å². The average molecular weight is 411 g/mol. The second-order valence-corrected chi connectivity index (χ2v) is 7.98. The molecule has 24 heavy (non-hydrogen) atoms. The summed E-state index contributed by atoms with van der Waals surface area (Å²) in [5, 5.41) is 3.50. The number of benzene rings is 2. The van der Waals surface area contributed by atoms with E-state index < -0.39 is 0 Å². The molecule has 5 heteroatoms. The summed E-state index contributed by atoms with van der Waals surface area (Å²) in [6.07, 6.45) is 0. The Morgan fingerprint density at radius 3 is 2.50 bits per heavy atom. The molecule has 2 aromatic carbocycles. The summed E-state index contributed by atoms with van der Waals surface area (Å²) < 4.78 is 6.41. The van der Waals surface area contributed by atoms with Crippen molar-refractivity contribution in [1.29, 1.82) is 0 Å². The summed E-state index contributed by atoms with van der Waals surface area (Å²) >= 11 is 9.42. The van der Waals surface area contributed by atoms with Gasteiger partial charge in [0, 0.05) is 9.50 Å². The lowest BCUT2D eigenvalue weighted by Crippen LogP contribution is -2.21. The average Bonchev–Trinajstić information content (AvgIpc) is 2.47. The summed E-state index contributed by atoms with van der Waals surface area (Å²) in [6, 6.07) is 11.2. The number of aryl methyl sites for hydroxylation is 1. The van der Waals surface area contributed by atoms with Crippen LogP contribution in [0.25, 0.3) is 0 Å². The second-order valence-electron chi connectivity index (χ2n) is 6.69. The van der Waals surface area contributed by atoms with Gasteiger partial charge < -0.3 is 10.1 Å². The molecule has 2 aromatic rings. The molecular formula is C19H21BrClNO2. The van der Waals surface area contributed by atoms with Crippen LogP contribution in [-0.2, 0) is 10.2 Å². The number of carbonyl (C=O) groups excluding carboxylic acids is 1. The molecule has 0 saturated carbocycles. The molecule has 0 aliphatic heterocycles. The number of halogens is 2.